The van der Waals surface area contributed by atoms with Crippen molar-refractivity contribution in [2.45, 2.75) is 65.5 Å². The number of nitro groups is 1. The van der Waals surface area contributed by atoms with E-state index >= 15 is 0 Å². The zero-order valence-corrected chi connectivity index (χ0v) is 16.5. The Morgan fingerprint density at radius 3 is 2.33 bits per heavy atom. The quantitative estimate of drug-likeness (QED) is 0.321. The molecule has 1 rings (SSSR count). The van der Waals surface area contributed by atoms with Crippen LogP contribution in [0.15, 0.2) is 18.2 Å². The SMILES string of the molecule is CC(C)OC(=O)c1c(CO[Si](C)(C)C(C)(C)C)cccc1[N+](=O)[O-]. The van der Waals surface area contributed by atoms with Gasteiger partial charge in [0.2, 0.25) is 0 Å². The molecular formula is C17H27NO5Si. The van der Waals surface area contributed by atoms with E-state index in [1.165, 1.54) is 6.07 Å². The minimum atomic E-state index is -2.04. The Morgan fingerprint density at radius 1 is 1.29 bits per heavy atom. The van der Waals surface area contributed by atoms with Crippen LogP contribution in [0.1, 0.15) is 50.5 Å². The van der Waals surface area contributed by atoms with Crippen LogP contribution in [0.4, 0.5) is 5.69 Å². The summed E-state index contributed by atoms with van der Waals surface area (Å²) in [5.74, 6) is -0.689. The lowest BCUT2D eigenvalue weighted by Crippen LogP contribution is -2.40. The van der Waals surface area contributed by atoms with Crippen LogP contribution in [-0.2, 0) is 15.8 Å². The van der Waals surface area contributed by atoms with Gasteiger partial charge in [-0.1, -0.05) is 32.9 Å². The maximum atomic E-state index is 12.4. The molecule has 0 amide bonds. The second-order valence-electron chi connectivity index (χ2n) is 7.57. The topological polar surface area (TPSA) is 78.7 Å². The molecule has 0 heterocycles. The van der Waals surface area contributed by atoms with E-state index in [4.69, 9.17) is 9.16 Å². The van der Waals surface area contributed by atoms with Gasteiger partial charge in [-0.3, -0.25) is 10.1 Å². The lowest BCUT2D eigenvalue weighted by Gasteiger charge is -2.36. The maximum Gasteiger partial charge on any atom is 0.345 e. The maximum absolute atomic E-state index is 12.4. The van der Waals surface area contributed by atoms with Gasteiger partial charge in [0.1, 0.15) is 5.56 Å². The molecular weight excluding hydrogens is 326 g/mol. The number of nitro benzene ring substituents is 1. The molecule has 0 saturated heterocycles. The van der Waals surface area contributed by atoms with Crippen molar-refractivity contribution in [2.75, 3.05) is 0 Å². The Bertz CT molecular complexity index is 620. The summed E-state index contributed by atoms with van der Waals surface area (Å²) >= 11 is 0. The summed E-state index contributed by atoms with van der Waals surface area (Å²) in [5.41, 5.74) is 0.214. The molecule has 1 aromatic rings. The summed E-state index contributed by atoms with van der Waals surface area (Å²) in [7, 11) is -2.04. The summed E-state index contributed by atoms with van der Waals surface area (Å²) in [5, 5.41) is 11.3. The van der Waals surface area contributed by atoms with Gasteiger partial charge in [-0.25, -0.2) is 4.79 Å². The van der Waals surface area contributed by atoms with Crippen LogP contribution in [0, 0.1) is 10.1 Å². The van der Waals surface area contributed by atoms with Crippen molar-refractivity contribution in [3.63, 3.8) is 0 Å². The first-order chi connectivity index (χ1) is 10.9. The van der Waals surface area contributed by atoms with Crippen LogP contribution in [0.25, 0.3) is 0 Å². The van der Waals surface area contributed by atoms with Gasteiger partial charge in [-0.15, -0.1) is 0 Å². The molecule has 24 heavy (non-hydrogen) atoms. The van der Waals surface area contributed by atoms with Gasteiger partial charge in [0.25, 0.3) is 5.69 Å². The number of esters is 1. The molecule has 0 spiro atoms. The zero-order valence-electron chi connectivity index (χ0n) is 15.5. The van der Waals surface area contributed by atoms with Crippen LogP contribution in [0.5, 0.6) is 0 Å². The number of carbonyl (C=O) groups excluding carboxylic acids is 1. The fourth-order valence-electron chi connectivity index (χ4n) is 1.84. The van der Waals surface area contributed by atoms with E-state index in [9.17, 15) is 14.9 Å². The molecule has 0 unspecified atom stereocenters. The number of carbonyl (C=O) groups is 1. The third-order valence-electron chi connectivity index (χ3n) is 4.27. The van der Waals surface area contributed by atoms with Gasteiger partial charge >= 0.3 is 5.97 Å². The molecule has 0 fully saturated rings. The smallest absolute Gasteiger partial charge is 0.345 e. The molecule has 6 nitrogen and oxygen atoms in total. The lowest BCUT2D eigenvalue weighted by molar-refractivity contribution is -0.385. The minimum Gasteiger partial charge on any atom is -0.459 e. The highest BCUT2D eigenvalue weighted by Crippen LogP contribution is 2.37. The zero-order chi connectivity index (χ0) is 18.7. The third-order valence-corrected chi connectivity index (χ3v) is 8.75. The fourth-order valence-corrected chi connectivity index (χ4v) is 2.79. The van der Waals surface area contributed by atoms with E-state index in [-0.39, 0.29) is 29.0 Å². The highest BCUT2D eigenvalue weighted by Gasteiger charge is 2.37. The summed E-state index contributed by atoms with van der Waals surface area (Å²) < 4.78 is 11.3. The Balaban J connectivity index is 3.21. The average Bonchev–Trinajstić information content (AvgIpc) is 2.42. The third kappa shape index (κ3) is 4.88. The Labute approximate surface area is 144 Å². The van der Waals surface area contributed by atoms with E-state index in [0.29, 0.717) is 5.56 Å². The number of hydrogen-bond donors (Lipinski definition) is 0. The highest BCUT2D eigenvalue weighted by atomic mass is 28.4. The standard InChI is InChI=1S/C17H27NO5Si/c1-12(2)23-16(19)15-13(9-8-10-14(15)18(20)21)11-22-24(6,7)17(3,4)5/h8-10,12H,11H2,1-7H3. The van der Waals surface area contributed by atoms with Gasteiger partial charge in [0, 0.05) is 6.07 Å². The predicted molar refractivity (Wildman–Crippen MR) is 95.6 cm³/mol. The summed E-state index contributed by atoms with van der Waals surface area (Å²) in [6.45, 7) is 14.1. The first-order valence-electron chi connectivity index (χ1n) is 7.98. The number of hydrogen-bond acceptors (Lipinski definition) is 5. The minimum absolute atomic E-state index is 0.00627. The highest BCUT2D eigenvalue weighted by molar-refractivity contribution is 6.74. The van der Waals surface area contributed by atoms with E-state index < -0.39 is 19.2 Å². The van der Waals surface area contributed by atoms with Crippen molar-refractivity contribution in [1.82, 2.24) is 0 Å². The van der Waals surface area contributed by atoms with Gasteiger partial charge in [-0.2, -0.15) is 0 Å². The van der Waals surface area contributed by atoms with Crippen LogP contribution >= 0.6 is 0 Å². The predicted octanol–water partition coefficient (Wildman–Crippen LogP) is 4.68. The Morgan fingerprint density at radius 2 is 1.88 bits per heavy atom. The second kappa shape index (κ2) is 7.44. The monoisotopic (exact) mass is 353 g/mol. The van der Waals surface area contributed by atoms with Crippen molar-refractivity contribution >= 4 is 20.0 Å². The van der Waals surface area contributed by atoms with Crippen LogP contribution in [0.3, 0.4) is 0 Å². The molecule has 0 saturated carbocycles. The van der Waals surface area contributed by atoms with Gasteiger partial charge in [0.05, 0.1) is 17.6 Å². The van der Waals surface area contributed by atoms with Crippen molar-refractivity contribution < 1.29 is 18.9 Å². The lowest BCUT2D eigenvalue weighted by atomic mass is 10.1. The fraction of sp³-hybridized carbons (Fsp3) is 0.588. The van der Waals surface area contributed by atoms with E-state index in [1.54, 1.807) is 26.0 Å². The van der Waals surface area contributed by atoms with Crippen molar-refractivity contribution in [3.05, 3.63) is 39.4 Å². The molecule has 0 aliphatic carbocycles. The molecule has 1 aromatic carbocycles. The molecule has 0 aromatic heterocycles. The van der Waals surface area contributed by atoms with Crippen LogP contribution in [-0.4, -0.2) is 25.3 Å². The summed E-state index contributed by atoms with van der Waals surface area (Å²) in [6, 6.07) is 4.55. The van der Waals surface area contributed by atoms with Crippen molar-refractivity contribution in [3.8, 4) is 0 Å². The normalized spacial score (nSPS) is 12.3. The molecule has 0 bridgehead atoms. The van der Waals surface area contributed by atoms with Crippen molar-refractivity contribution in [1.29, 1.82) is 0 Å². The van der Waals surface area contributed by atoms with E-state index in [2.05, 4.69) is 33.9 Å². The first kappa shape index (κ1) is 20.3. The molecule has 0 aliphatic rings. The largest absolute Gasteiger partial charge is 0.459 e. The molecule has 7 heteroatoms. The van der Waals surface area contributed by atoms with Gasteiger partial charge in [-0.05, 0) is 37.5 Å². The molecule has 0 N–H and O–H groups in total. The Kier molecular flexibility index (Phi) is 6.30. The summed E-state index contributed by atoms with van der Waals surface area (Å²) in [4.78, 5) is 23.1. The molecule has 134 valence electrons. The van der Waals surface area contributed by atoms with E-state index in [0.717, 1.165) is 0 Å². The Hall–Kier alpha value is -1.73. The number of rotatable bonds is 6. The van der Waals surface area contributed by atoms with Gasteiger partial charge < -0.3 is 9.16 Å². The van der Waals surface area contributed by atoms with Gasteiger partial charge in [0.15, 0.2) is 8.32 Å². The van der Waals surface area contributed by atoms with Crippen LogP contribution in [0.2, 0.25) is 18.1 Å². The van der Waals surface area contributed by atoms with E-state index in [1.807, 2.05) is 0 Å². The average molecular weight is 353 g/mol. The number of ether oxygens (including phenoxy) is 1. The van der Waals surface area contributed by atoms with Crippen molar-refractivity contribution in [2.24, 2.45) is 0 Å². The summed E-state index contributed by atoms with van der Waals surface area (Å²) in [6.07, 6.45) is -0.355. The number of benzene rings is 1. The molecule has 0 atom stereocenters. The number of nitrogens with zero attached hydrogens (tertiary/aromatic N) is 1. The first-order valence-corrected chi connectivity index (χ1v) is 10.9. The second-order valence-corrected chi connectivity index (χ2v) is 12.4. The molecule has 0 radical (unpaired) electrons. The molecule has 0 aliphatic heterocycles. The van der Waals surface area contributed by atoms with Crippen LogP contribution < -0.4 is 0 Å².